The Morgan fingerprint density at radius 1 is 1.11 bits per heavy atom. The number of ether oxygens (including phenoxy) is 2. The van der Waals surface area contributed by atoms with E-state index in [-0.39, 0.29) is 29.1 Å². The second kappa shape index (κ2) is 12.4. The molecule has 0 fully saturated rings. The molecule has 0 saturated heterocycles. The molecule has 0 aromatic heterocycles. The van der Waals surface area contributed by atoms with E-state index in [1.807, 2.05) is 30.3 Å². The van der Waals surface area contributed by atoms with Gasteiger partial charge in [-0.05, 0) is 51.8 Å². The first-order valence-electron chi connectivity index (χ1n) is 13.4. The number of hydrogen-bond acceptors (Lipinski definition) is 7. The number of unbranched alkanes of at least 4 members (excludes halogenated alkanes) is 2. The van der Waals surface area contributed by atoms with E-state index in [0.717, 1.165) is 44.2 Å². The summed E-state index contributed by atoms with van der Waals surface area (Å²) in [6.07, 6.45) is 5.78. The van der Waals surface area contributed by atoms with Gasteiger partial charge in [-0.3, -0.25) is 9.11 Å². The number of anilines is 2. The van der Waals surface area contributed by atoms with Gasteiger partial charge in [0.25, 0.3) is 0 Å². The zero-order valence-corrected chi connectivity index (χ0v) is 24.1. The van der Waals surface area contributed by atoms with Crippen LogP contribution in [0.3, 0.4) is 0 Å². The second-order valence-electron chi connectivity index (χ2n) is 11.2. The molecule has 0 saturated carbocycles. The van der Waals surface area contributed by atoms with Crippen LogP contribution in [-0.2, 0) is 9.53 Å². The van der Waals surface area contributed by atoms with Crippen LogP contribution in [0.4, 0.5) is 11.4 Å². The fraction of sp³-hybridized carbons (Fsp3) is 0.533. The Hall–Kier alpha value is -2.73. The number of rotatable bonds is 10. The molecule has 1 aliphatic heterocycles. The van der Waals surface area contributed by atoms with E-state index in [0.29, 0.717) is 17.1 Å². The number of hydrogen-bond donors (Lipinski definition) is 2. The Morgan fingerprint density at radius 3 is 2.29 bits per heavy atom. The summed E-state index contributed by atoms with van der Waals surface area (Å²) in [6, 6.07) is 15.3. The maximum absolute atomic E-state index is 12.3. The first-order valence-corrected chi connectivity index (χ1v) is 15.2. The van der Waals surface area contributed by atoms with Crippen molar-refractivity contribution in [1.29, 1.82) is 5.26 Å². The SMILES string of the molecule is CCCCC1(CCCC)CN(c2ccccc2)c2cc(C#N)c(OCC(=O)OC(C)(C)C)cc2S(O)(O)C1. The van der Waals surface area contributed by atoms with Gasteiger partial charge in [0.1, 0.15) is 17.4 Å². The van der Waals surface area contributed by atoms with Gasteiger partial charge < -0.3 is 14.4 Å². The van der Waals surface area contributed by atoms with Crippen molar-refractivity contribution in [3.63, 3.8) is 0 Å². The normalized spacial score (nSPS) is 17.1. The predicted molar refractivity (Wildman–Crippen MR) is 153 cm³/mol. The second-order valence-corrected chi connectivity index (χ2v) is 13.3. The minimum atomic E-state index is -3.25. The van der Waals surface area contributed by atoms with E-state index in [9.17, 15) is 19.2 Å². The zero-order chi connectivity index (χ0) is 28.0. The lowest BCUT2D eigenvalue weighted by atomic mass is 9.79. The number of esters is 1. The third-order valence-electron chi connectivity index (χ3n) is 6.78. The highest BCUT2D eigenvalue weighted by Gasteiger charge is 2.42. The molecule has 0 radical (unpaired) electrons. The van der Waals surface area contributed by atoms with Crippen molar-refractivity contribution in [2.75, 3.05) is 23.8 Å². The van der Waals surface area contributed by atoms with E-state index in [2.05, 4.69) is 24.8 Å². The topological polar surface area (TPSA) is 103 Å². The van der Waals surface area contributed by atoms with Crippen molar-refractivity contribution in [3.05, 3.63) is 48.0 Å². The Kier molecular flexibility index (Phi) is 9.74. The van der Waals surface area contributed by atoms with Gasteiger partial charge in [-0.1, -0.05) is 57.7 Å². The molecule has 2 aromatic carbocycles. The van der Waals surface area contributed by atoms with E-state index >= 15 is 0 Å². The molecule has 0 unspecified atom stereocenters. The van der Waals surface area contributed by atoms with Gasteiger partial charge in [-0.15, -0.1) is 0 Å². The third-order valence-corrected chi connectivity index (χ3v) is 8.83. The van der Waals surface area contributed by atoms with Crippen LogP contribution in [0.15, 0.2) is 47.4 Å². The highest BCUT2D eigenvalue weighted by atomic mass is 32.3. The lowest BCUT2D eigenvalue weighted by Gasteiger charge is -2.42. The third kappa shape index (κ3) is 7.43. The molecule has 1 heterocycles. The lowest BCUT2D eigenvalue weighted by Crippen LogP contribution is -2.37. The number of carbonyl (C=O) groups excluding carboxylic acids is 1. The van der Waals surface area contributed by atoms with Crippen molar-refractivity contribution in [3.8, 4) is 11.8 Å². The van der Waals surface area contributed by atoms with Gasteiger partial charge in [0, 0.05) is 29.5 Å². The largest absolute Gasteiger partial charge is 0.480 e. The van der Waals surface area contributed by atoms with E-state index in [1.165, 1.54) is 0 Å². The molecular formula is C30H42N2O5S. The Morgan fingerprint density at radius 2 is 1.74 bits per heavy atom. The Bertz CT molecular complexity index is 1130. The molecule has 3 rings (SSSR count). The number of carbonyl (C=O) groups is 1. The smallest absolute Gasteiger partial charge is 0.344 e. The van der Waals surface area contributed by atoms with Gasteiger partial charge in [-0.25, -0.2) is 4.79 Å². The Labute approximate surface area is 229 Å². The van der Waals surface area contributed by atoms with Gasteiger partial charge in [0.05, 0.1) is 16.1 Å². The van der Waals surface area contributed by atoms with E-state index in [1.54, 1.807) is 32.9 Å². The average molecular weight is 543 g/mol. The first kappa shape index (κ1) is 29.8. The number of benzene rings is 2. The van der Waals surface area contributed by atoms with Gasteiger partial charge in [0.15, 0.2) is 6.61 Å². The molecule has 2 N–H and O–H groups in total. The van der Waals surface area contributed by atoms with E-state index in [4.69, 9.17) is 9.47 Å². The summed E-state index contributed by atoms with van der Waals surface area (Å²) in [5.74, 6) is -0.181. The molecule has 0 spiro atoms. The predicted octanol–water partition coefficient (Wildman–Crippen LogP) is 7.91. The summed E-state index contributed by atoms with van der Waals surface area (Å²) in [6.45, 7) is 9.84. The van der Waals surface area contributed by atoms with Crippen molar-refractivity contribution >= 4 is 27.9 Å². The van der Waals surface area contributed by atoms with Crippen LogP contribution in [0.25, 0.3) is 0 Å². The fourth-order valence-electron chi connectivity index (χ4n) is 5.08. The Balaban J connectivity index is 2.13. The van der Waals surface area contributed by atoms with Gasteiger partial charge >= 0.3 is 5.97 Å². The summed E-state index contributed by atoms with van der Waals surface area (Å²) < 4.78 is 34.5. The molecule has 0 bridgehead atoms. The lowest BCUT2D eigenvalue weighted by molar-refractivity contribution is -0.157. The van der Waals surface area contributed by atoms with Crippen LogP contribution in [0, 0.1) is 16.7 Å². The maximum atomic E-state index is 12.3. The quantitative estimate of drug-likeness (QED) is 0.294. The van der Waals surface area contributed by atoms with Crippen LogP contribution in [0.5, 0.6) is 5.75 Å². The highest BCUT2D eigenvalue weighted by Crippen LogP contribution is 2.61. The van der Waals surface area contributed by atoms with Gasteiger partial charge in [0.2, 0.25) is 0 Å². The summed E-state index contributed by atoms with van der Waals surface area (Å²) in [5, 5.41) is 9.98. The van der Waals surface area contributed by atoms with Crippen molar-refractivity contribution in [2.45, 2.75) is 83.6 Å². The number of fused-ring (bicyclic) bond motifs is 1. The van der Waals surface area contributed by atoms with Crippen LogP contribution >= 0.6 is 10.6 Å². The molecular weight excluding hydrogens is 500 g/mol. The average Bonchev–Trinajstić information content (AvgIpc) is 2.96. The standard InChI is InChI=1S/C30H42N2O5S/c1-6-8-15-30(16-9-7-2)21-32(24-13-11-10-12-14-24)25-17-23(19-31)26(18-27(25)38(34,35)22-30)36-20-28(33)37-29(3,4)5/h10-14,17-18,34-35H,6-9,15-16,20-22H2,1-5H3. The molecule has 208 valence electrons. The minimum absolute atomic E-state index is 0.139. The zero-order valence-electron chi connectivity index (χ0n) is 23.3. The molecule has 0 aliphatic carbocycles. The summed E-state index contributed by atoms with van der Waals surface area (Å²) in [5.41, 5.74) is 0.752. The molecule has 0 atom stereocenters. The summed E-state index contributed by atoms with van der Waals surface area (Å²) in [7, 11) is -3.25. The van der Waals surface area contributed by atoms with E-state index < -0.39 is 22.2 Å². The number of nitrogens with zero attached hydrogens (tertiary/aromatic N) is 2. The first-order chi connectivity index (χ1) is 17.9. The van der Waals surface area contributed by atoms with Crippen molar-refractivity contribution in [1.82, 2.24) is 0 Å². The molecule has 1 aliphatic rings. The molecule has 2 aromatic rings. The van der Waals surface area contributed by atoms with Crippen LogP contribution in [0.1, 0.15) is 78.7 Å². The maximum Gasteiger partial charge on any atom is 0.344 e. The van der Waals surface area contributed by atoms with Gasteiger partial charge in [-0.2, -0.15) is 15.9 Å². The summed E-state index contributed by atoms with van der Waals surface area (Å²) in [4.78, 5) is 14.8. The molecule has 8 heteroatoms. The van der Waals surface area contributed by atoms with Crippen LogP contribution in [-0.4, -0.2) is 39.6 Å². The summed E-state index contributed by atoms with van der Waals surface area (Å²) >= 11 is 0. The number of nitriles is 1. The van der Waals surface area contributed by atoms with Crippen molar-refractivity contribution < 1.29 is 23.4 Å². The molecule has 38 heavy (non-hydrogen) atoms. The monoisotopic (exact) mass is 542 g/mol. The van der Waals surface area contributed by atoms with Crippen molar-refractivity contribution in [2.24, 2.45) is 5.41 Å². The number of para-hydroxylation sites is 1. The van der Waals surface area contributed by atoms with Crippen LogP contribution < -0.4 is 9.64 Å². The highest BCUT2D eigenvalue weighted by molar-refractivity contribution is 8.24. The fourth-order valence-corrected chi connectivity index (χ4v) is 7.27. The molecule has 0 amide bonds. The minimum Gasteiger partial charge on any atom is -0.480 e. The van der Waals surface area contributed by atoms with Crippen LogP contribution in [0.2, 0.25) is 0 Å². The molecule has 7 nitrogen and oxygen atoms in total.